The Morgan fingerprint density at radius 1 is 1.23 bits per heavy atom. The van der Waals surface area contributed by atoms with Gasteiger partial charge in [0.1, 0.15) is 17.7 Å². The summed E-state index contributed by atoms with van der Waals surface area (Å²) in [5.41, 5.74) is 0.630. The molecule has 0 spiro atoms. The maximum Gasteiger partial charge on any atom is 0.242 e. The van der Waals surface area contributed by atoms with Crippen LogP contribution in [0.3, 0.4) is 0 Å². The molecule has 4 nitrogen and oxygen atoms in total. The summed E-state index contributed by atoms with van der Waals surface area (Å²) in [6.45, 7) is 0.816. The van der Waals surface area contributed by atoms with E-state index < -0.39 is 0 Å². The molecule has 1 amide bonds. The van der Waals surface area contributed by atoms with Crippen LogP contribution in [0.15, 0.2) is 30.3 Å². The lowest BCUT2D eigenvalue weighted by Gasteiger charge is -2.25. The molecule has 2 fully saturated rings. The molecule has 22 heavy (non-hydrogen) atoms. The van der Waals surface area contributed by atoms with Gasteiger partial charge in [-0.15, -0.1) is 0 Å². The molecule has 1 aliphatic carbocycles. The molecule has 1 saturated carbocycles. The fourth-order valence-electron chi connectivity index (χ4n) is 3.08. The zero-order valence-corrected chi connectivity index (χ0v) is 12.3. The van der Waals surface area contributed by atoms with Crippen LogP contribution < -0.4 is 10.2 Å². The van der Waals surface area contributed by atoms with Gasteiger partial charge in [-0.05, 0) is 49.9 Å². The molecule has 2 aromatic rings. The first-order valence-corrected chi connectivity index (χ1v) is 7.84. The molecule has 2 heterocycles. The molecule has 1 saturated heterocycles. The number of aromatic nitrogens is 1. The first-order valence-electron chi connectivity index (χ1n) is 7.84. The monoisotopic (exact) mass is 299 g/mol. The van der Waals surface area contributed by atoms with Crippen molar-refractivity contribution in [2.45, 2.75) is 37.8 Å². The van der Waals surface area contributed by atoms with Gasteiger partial charge in [0.2, 0.25) is 5.91 Å². The van der Waals surface area contributed by atoms with Gasteiger partial charge in [-0.2, -0.15) is 0 Å². The number of anilines is 1. The average molecular weight is 299 g/mol. The van der Waals surface area contributed by atoms with Gasteiger partial charge in [-0.3, -0.25) is 4.79 Å². The average Bonchev–Trinajstić information content (AvgIpc) is 3.18. The van der Waals surface area contributed by atoms with Gasteiger partial charge >= 0.3 is 0 Å². The van der Waals surface area contributed by atoms with Gasteiger partial charge in [-0.25, -0.2) is 9.37 Å². The van der Waals surface area contributed by atoms with E-state index in [4.69, 9.17) is 0 Å². The van der Waals surface area contributed by atoms with Crippen molar-refractivity contribution in [3.05, 3.63) is 36.1 Å². The van der Waals surface area contributed by atoms with E-state index in [1.165, 1.54) is 12.1 Å². The number of nitrogens with zero attached hydrogens (tertiary/aromatic N) is 2. The minimum absolute atomic E-state index is 0.0983. The Morgan fingerprint density at radius 2 is 2.05 bits per heavy atom. The highest BCUT2D eigenvalue weighted by Gasteiger charge is 2.34. The van der Waals surface area contributed by atoms with Crippen LogP contribution in [-0.4, -0.2) is 29.5 Å². The summed E-state index contributed by atoms with van der Waals surface area (Å²) in [5, 5.41) is 3.98. The third-order valence-corrected chi connectivity index (χ3v) is 4.41. The van der Waals surface area contributed by atoms with E-state index in [0.717, 1.165) is 43.4 Å². The van der Waals surface area contributed by atoms with Crippen molar-refractivity contribution in [1.82, 2.24) is 10.3 Å². The molecule has 2 aliphatic rings. The molecule has 0 radical (unpaired) electrons. The number of hydrogen-bond acceptors (Lipinski definition) is 3. The zero-order chi connectivity index (χ0) is 15.1. The van der Waals surface area contributed by atoms with E-state index >= 15 is 0 Å². The summed E-state index contributed by atoms with van der Waals surface area (Å²) < 4.78 is 13.4. The Hall–Kier alpha value is -2.17. The van der Waals surface area contributed by atoms with Crippen LogP contribution >= 0.6 is 0 Å². The quantitative estimate of drug-likeness (QED) is 0.947. The van der Waals surface area contributed by atoms with Crippen molar-refractivity contribution in [2.24, 2.45) is 0 Å². The van der Waals surface area contributed by atoms with Crippen molar-refractivity contribution in [1.29, 1.82) is 0 Å². The summed E-state index contributed by atoms with van der Waals surface area (Å²) in [5.74, 6) is 0.564. The first kappa shape index (κ1) is 13.5. The summed E-state index contributed by atoms with van der Waals surface area (Å²) in [6.07, 6.45) is 4.00. The SMILES string of the molecule is O=C(NC1CC1)[C@H]1CCCN1c1ccc2ccc(F)cc2n1. The minimum Gasteiger partial charge on any atom is -0.352 e. The van der Waals surface area contributed by atoms with Gasteiger partial charge < -0.3 is 10.2 Å². The second-order valence-corrected chi connectivity index (χ2v) is 6.14. The van der Waals surface area contributed by atoms with Crippen molar-refractivity contribution >= 4 is 22.6 Å². The molecule has 114 valence electrons. The standard InChI is InChI=1S/C17H18FN3O/c18-12-5-3-11-4-8-16(20-14(11)10-12)21-9-1-2-15(21)17(22)19-13-6-7-13/h3-5,8,10,13,15H,1-2,6-7,9H2,(H,19,22)/t15-/m1/s1. The van der Waals surface area contributed by atoms with E-state index in [-0.39, 0.29) is 17.8 Å². The fraction of sp³-hybridized carbons (Fsp3) is 0.412. The topological polar surface area (TPSA) is 45.2 Å². The van der Waals surface area contributed by atoms with Gasteiger partial charge in [0.15, 0.2) is 0 Å². The van der Waals surface area contributed by atoms with Crippen molar-refractivity contribution in [3.8, 4) is 0 Å². The summed E-state index contributed by atoms with van der Waals surface area (Å²) in [7, 11) is 0. The molecule has 4 rings (SSSR count). The fourth-order valence-corrected chi connectivity index (χ4v) is 3.08. The molecule has 1 N–H and O–H groups in total. The molecular weight excluding hydrogens is 281 g/mol. The normalized spacial score (nSPS) is 21.3. The first-order chi connectivity index (χ1) is 10.7. The number of benzene rings is 1. The van der Waals surface area contributed by atoms with Crippen LogP contribution in [0.4, 0.5) is 10.2 Å². The van der Waals surface area contributed by atoms with Crippen LogP contribution in [0.25, 0.3) is 10.9 Å². The zero-order valence-electron chi connectivity index (χ0n) is 12.3. The number of hydrogen-bond donors (Lipinski definition) is 1. The molecule has 1 aliphatic heterocycles. The molecule has 0 unspecified atom stereocenters. The van der Waals surface area contributed by atoms with Crippen LogP contribution in [0, 0.1) is 5.82 Å². The number of carbonyl (C=O) groups excluding carboxylic acids is 1. The molecule has 1 atom stereocenters. The van der Waals surface area contributed by atoms with Crippen LogP contribution in [0.2, 0.25) is 0 Å². The van der Waals surface area contributed by atoms with E-state index in [2.05, 4.69) is 10.3 Å². The third kappa shape index (κ3) is 2.51. The van der Waals surface area contributed by atoms with Crippen LogP contribution in [0.5, 0.6) is 0 Å². The third-order valence-electron chi connectivity index (χ3n) is 4.41. The number of halogens is 1. The largest absolute Gasteiger partial charge is 0.352 e. The van der Waals surface area contributed by atoms with E-state index in [1.807, 2.05) is 17.0 Å². The molecule has 5 heteroatoms. The summed E-state index contributed by atoms with van der Waals surface area (Å²) in [6, 6.07) is 8.67. The predicted octanol–water partition coefficient (Wildman–Crippen LogP) is 2.62. The van der Waals surface area contributed by atoms with Gasteiger partial charge in [0, 0.05) is 24.0 Å². The maximum absolute atomic E-state index is 13.4. The smallest absolute Gasteiger partial charge is 0.242 e. The Labute approximate surface area is 128 Å². The van der Waals surface area contributed by atoms with E-state index in [9.17, 15) is 9.18 Å². The highest BCUT2D eigenvalue weighted by atomic mass is 19.1. The second kappa shape index (κ2) is 5.23. The number of nitrogens with one attached hydrogen (secondary N) is 1. The van der Waals surface area contributed by atoms with Crippen molar-refractivity contribution in [2.75, 3.05) is 11.4 Å². The lowest BCUT2D eigenvalue weighted by Crippen LogP contribution is -2.44. The predicted molar refractivity (Wildman–Crippen MR) is 83.2 cm³/mol. The molecule has 1 aromatic carbocycles. The number of carbonyl (C=O) groups is 1. The maximum atomic E-state index is 13.4. The van der Waals surface area contributed by atoms with Crippen LogP contribution in [0.1, 0.15) is 25.7 Å². The number of rotatable bonds is 3. The molecule has 0 bridgehead atoms. The highest BCUT2D eigenvalue weighted by Crippen LogP contribution is 2.27. The van der Waals surface area contributed by atoms with Gasteiger partial charge in [-0.1, -0.05) is 0 Å². The van der Waals surface area contributed by atoms with Crippen molar-refractivity contribution in [3.63, 3.8) is 0 Å². The minimum atomic E-state index is -0.290. The summed E-state index contributed by atoms with van der Waals surface area (Å²) >= 11 is 0. The Balaban J connectivity index is 1.62. The van der Waals surface area contributed by atoms with Crippen LogP contribution in [-0.2, 0) is 4.79 Å². The Bertz CT molecular complexity index is 729. The number of pyridine rings is 1. The molecular formula is C17H18FN3O. The summed E-state index contributed by atoms with van der Waals surface area (Å²) in [4.78, 5) is 19.0. The highest BCUT2D eigenvalue weighted by molar-refractivity contribution is 5.87. The second-order valence-electron chi connectivity index (χ2n) is 6.14. The van der Waals surface area contributed by atoms with Crippen molar-refractivity contribution < 1.29 is 9.18 Å². The van der Waals surface area contributed by atoms with Gasteiger partial charge in [0.05, 0.1) is 5.52 Å². The lowest BCUT2D eigenvalue weighted by molar-refractivity contribution is -0.122. The molecule has 1 aromatic heterocycles. The van der Waals surface area contributed by atoms with E-state index in [1.54, 1.807) is 6.07 Å². The Kier molecular flexibility index (Phi) is 3.21. The van der Waals surface area contributed by atoms with Gasteiger partial charge in [0.25, 0.3) is 0 Å². The Morgan fingerprint density at radius 3 is 2.86 bits per heavy atom. The number of fused-ring (bicyclic) bond motifs is 1. The lowest BCUT2D eigenvalue weighted by atomic mass is 10.2. The number of amides is 1. The van der Waals surface area contributed by atoms with E-state index in [0.29, 0.717) is 11.6 Å².